The Hall–Kier alpha value is -0.370. The predicted octanol–water partition coefficient (Wildman–Crippen LogP) is 0.965. The molecule has 0 radical (unpaired) electrons. The van der Waals surface area contributed by atoms with E-state index >= 15 is 0 Å². The molecule has 2 heteroatoms. The van der Waals surface area contributed by atoms with Gasteiger partial charge in [-0.15, -0.1) is 0 Å². The van der Waals surface area contributed by atoms with Gasteiger partial charge in [-0.05, 0) is 25.4 Å². The molecule has 2 nitrogen and oxygen atoms in total. The Balaban J connectivity index is 1.98. The molecule has 58 valence electrons. The molecular formula is C8H15NO. The van der Waals surface area contributed by atoms with Crippen LogP contribution in [0, 0.1) is 5.92 Å². The molecule has 1 aliphatic heterocycles. The second kappa shape index (κ2) is 3.71. The van der Waals surface area contributed by atoms with Crippen molar-refractivity contribution < 1.29 is 4.79 Å². The number of nitrogens with one attached hydrogen (secondary N) is 1. The van der Waals surface area contributed by atoms with E-state index in [0.717, 1.165) is 31.8 Å². The second-order valence-corrected chi connectivity index (χ2v) is 2.96. The van der Waals surface area contributed by atoms with Crippen LogP contribution in [0.25, 0.3) is 0 Å². The van der Waals surface area contributed by atoms with E-state index < -0.39 is 0 Å². The molecule has 1 rings (SSSR count). The van der Waals surface area contributed by atoms with Gasteiger partial charge in [-0.25, -0.2) is 0 Å². The van der Waals surface area contributed by atoms with Gasteiger partial charge in [0.1, 0.15) is 5.78 Å². The van der Waals surface area contributed by atoms with E-state index in [4.69, 9.17) is 0 Å². The average molecular weight is 141 g/mol. The molecule has 1 heterocycles. The Morgan fingerprint density at radius 2 is 2.30 bits per heavy atom. The van der Waals surface area contributed by atoms with Gasteiger partial charge in [0, 0.05) is 12.8 Å². The first-order valence-corrected chi connectivity index (χ1v) is 4.05. The van der Waals surface area contributed by atoms with Crippen LogP contribution in [0.15, 0.2) is 0 Å². The lowest BCUT2D eigenvalue weighted by atomic mass is 9.96. The minimum absolute atomic E-state index is 0.409. The number of rotatable bonds is 4. The zero-order chi connectivity index (χ0) is 7.40. The minimum Gasteiger partial charge on any atom is -0.316 e. The van der Waals surface area contributed by atoms with Crippen LogP contribution in [-0.4, -0.2) is 18.9 Å². The molecule has 1 N–H and O–H groups in total. The Labute approximate surface area is 62.0 Å². The first-order valence-electron chi connectivity index (χ1n) is 4.05. The van der Waals surface area contributed by atoms with E-state index in [-0.39, 0.29) is 0 Å². The first kappa shape index (κ1) is 7.73. The largest absolute Gasteiger partial charge is 0.316 e. The molecule has 10 heavy (non-hydrogen) atoms. The van der Waals surface area contributed by atoms with Crippen LogP contribution in [-0.2, 0) is 4.79 Å². The Kier molecular flexibility index (Phi) is 2.87. The summed E-state index contributed by atoms with van der Waals surface area (Å²) in [7, 11) is 0. The van der Waals surface area contributed by atoms with Gasteiger partial charge in [-0.3, -0.25) is 4.79 Å². The summed E-state index contributed by atoms with van der Waals surface area (Å²) < 4.78 is 0. The maximum atomic E-state index is 10.8. The molecule has 0 atom stereocenters. The number of ketones is 1. The zero-order valence-corrected chi connectivity index (χ0v) is 6.52. The third-order valence-electron chi connectivity index (χ3n) is 2.09. The topological polar surface area (TPSA) is 29.1 Å². The molecule has 0 spiro atoms. The van der Waals surface area contributed by atoms with E-state index in [1.165, 1.54) is 0 Å². The monoisotopic (exact) mass is 141 g/mol. The summed E-state index contributed by atoms with van der Waals surface area (Å²) in [6.07, 6.45) is 2.60. The first-order chi connectivity index (χ1) is 4.83. The van der Waals surface area contributed by atoms with Gasteiger partial charge in [0.2, 0.25) is 0 Å². The number of carbonyl (C=O) groups is 1. The van der Waals surface area contributed by atoms with Gasteiger partial charge in [-0.2, -0.15) is 0 Å². The molecule has 0 aromatic heterocycles. The van der Waals surface area contributed by atoms with E-state index in [9.17, 15) is 4.79 Å². The molecular weight excluding hydrogens is 126 g/mol. The minimum atomic E-state index is 0.409. The van der Waals surface area contributed by atoms with Crippen LogP contribution >= 0.6 is 0 Å². The van der Waals surface area contributed by atoms with Crippen molar-refractivity contribution >= 4 is 5.78 Å². The predicted molar refractivity (Wildman–Crippen MR) is 40.9 cm³/mol. The number of hydrogen-bond acceptors (Lipinski definition) is 2. The number of Topliss-reactive ketones (excluding diaryl/α,β-unsaturated/α-hetero) is 1. The van der Waals surface area contributed by atoms with Crippen LogP contribution in [0.5, 0.6) is 0 Å². The summed E-state index contributed by atoms with van der Waals surface area (Å²) in [4.78, 5) is 10.8. The van der Waals surface area contributed by atoms with E-state index in [2.05, 4.69) is 5.32 Å². The standard InChI is InChI=1S/C8H15NO/c1-2-8(10)4-3-7-5-9-6-7/h7,9H,2-6H2,1H3. The van der Waals surface area contributed by atoms with Gasteiger partial charge in [-0.1, -0.05) is 6.92 Å². The molecule has 0 aromatic carbocycles. The fourth-order valence-corrected chi connectivity index (χ4v) is 1.09. The van der Waals surface area contributed by atoms with Gasteiger partial charge in [0.15, 0.2) is 0 Å². The third-order valence-corrected chi connectivity index (χ3v) is 2.09. The highest BCUT2D eigenvalue weighted by molar-refractivity contribution is 5.77. The van der Waals surface area contributed by atoms with Crippen LogP contribution in [0.2, 0.25) is 0 Å². The maximum absolute atomic E-state index is 10.8. The lowest BCUT2D eigenvalue weighted by Crippen LogP contribution is -2.41. The van der Waals surface area contributed by atoms with Crippen molar-refractivity contribution in [2.24, 2.45) is 5.92 Å². The molecule has 0 aliphatic carbocycles. The van der Waals surface area contributed by atoms with Crippen molar-refractivity contribution in [3.63, 3.8) is 0 Å². The Bertz CT molecular complexity index is 118. The summed E-state index contributed by atoms with van der Waals surface area (Å²) in [5, 5.41) is 3.19. The normalized spacial score (nSPS) is 18.5. The summed E-state index contributed by atoms with van der Waals surface area (Å²) in [6, 6.07) is 0. The van der Waals surface area contributed by atoms with Crippen molar-refractivity contribution in [3.8, 4) is 0 Å². The van der Waals surface area contributed by atoms with Gasteiger partial charge in [0.25, 0.3) is 0 Å². The molecule has 0 unspecified atom stereocenters. The van der Waals surface area contributed by atoms with Crippen molar-refractivity contribution in [2.45, 2.75) is 26.2 Å². The highest BCUT2D eigenvalue weighted by Gasteiger charge is 2.16. The van der Waals surface area contributed by atoms with Crippen molar-refractivity contribution in [1.82, 2.24) is 5.32 Å². The van der Waals surface area contributed by atoms with Crippen LogP contribution in [0.4, 0.5) is 0 Å². The van der Waals surface area contributed by atoms with Crippen molar-refractivity contribution in [2.75, 3.05) is 13.1 Å². The van der Waals surface area contributed by atoms with Crippen LogP contribution < -0.4 is 5.32 Å². The quantitative estimate of drug-likeness (QED) is 0.632. The average Bonchev–Trinajstić information content (AvgIpc) is 1.84. The highest BCUT2D eigenvalue weighted by Crippen LogP contribution is 2.11. The molecule has 1 saturated heterocycles. The summed E-state index contributed by atoms with van der Waals surface area (Å²) in [5.41, 5.74) is 0. The molecule has 1 aliphatic rings. The van der Waals surface area contributed by atoms with E-state index in [1.54, 1.807) is 0 Å². The Morgan fingerprint density at radius 3 is 2.70 bits per heavy atom. The van der Waals surface area contributed by atoms with Gasteiger partial charge < -0.3 is 5.32 Å². The fourth-order valence-electron chi connectivity index (χ4n) is 1.09. The molecule has 0 aromatic rings. The second-order valence-electron chi connectivity index (χ2n) is 2.96. The van der Waals surface area contributed by atoms with Gasteiger partial charge >= 0.3 is 0 Å². The molecule has 1 fully saturated rings. The number of hydrogen-bond donors (Lipinski definition) is 1. The molecule has 0 bridgehead atoms. The summed E-state index contributed by atoms with van der Waals surface area (Å²) in [5.74, 6) is 1.20. The SMILES string of the molecule is CCC(=O)CCC1CNC1. The lowest BCUT2D eigenvalue weighted by Gasteiger charge is -2.26. The third kappa shape index (κ3) is 2.10. The molecule has 0 saturated carbocycles. The number of carbonyl (C=O) groups excluding carboxylic acids is 1. The fraction of sp³-hybridized carbons (Fsp3) is 0.875. The van der Waals surface area contributed by atoms with E-state index in [0.29, 0.717) is 12.2 Å². The summed E-state index contributed by atoms with van der Waals surface area (Å²) in [6.45, 7) is 4.18. The molecule has 0 amide bonds. The van der Waals surface area contributed by atoms with Gasteiger partial charge in [0.05, 0.1) is 0 Å². The summed E-state index contributed by atoms with van der Waals surface area (Å²) >= 11 is 0. The van der Waals surface area contributed by atoms with Crippen molar-refractivity contribution in [3.05, 3.63) is 0 Å². The van der Waals surface area contributed by atoms with E-state index in [1.807, 2.05) is 6.92 Å². The maximum Gasteiger partial charge on any atom is 0.132 e. The highest BCUT2D eigenvalue weighted by atomic mass is 16.1. The zero-order valence-electron chi connectivity index (χ0n) is 6.52. The Morgan fingerprint density at radius 1 is 1.60 bits per heavy atom. The lowest BCUT2D eigenvalue weighted by molar-refractivity contribution is -0.119. The smallest absolute Gasteiger partial charge is 0.132 e. The van der Waals surface area contributed by atoms with Crippen molar-refractivity contribution in [1.29, 1.82) is 0 Å². The van der Waals surface area contributed by atoms with Crippen LogP contribution in [0.3, 0.4) is 0 Å². The van der Waals surface area contributed by atoms with Crippen LogP contribution in [0.1, 0.15) is 26.2 Å².